The van der Waals surface area contributed by atoms with Crippen molar-refractivity contribution in [1.29, 1.82) is 0 Å². The van der Waals surface area contributed by atoms with Crippen molar-refractivity contribution >= 4 is 6.09 Å². The van der Waals surface area contributed by atoms with E-state index in [4.69, 9.17) is 11.2 Å². The van der Waals surface area contributed by atoms with Crippen LogP contribution in [0.2, 0.25) is 0 Å². The van der Waals surface area contributed by atoms with Gasteiger partial charge in [0.25, 0.3) is 0 Å². The Morgan fingerprint density at radius 1 is 1.50 bits per heavy atom. The minimum atomic E-state index is -0.441. The molecular formula is C18H32N2O2. The number of likely N-dealkylation sites (tertiary alicyclic amines) is 1. The predicted octanol–water partition coefficient (Wildman–Crippen LogP) is 3.41. The van der Waals surface area contributed by atoms with Crippen LogP contribution in [0.3, 0.4) is 0 Å². The summed E-state index contributed by atoms with van der Waals surface area (Å²) in [5.74, 6) is 3.25. The van der Waals surface area contributed by atoms with Gasteiger partial charge in [-0.2, -0.15) is 0 Å². The second-order valence-corrected chi connectivity index (χ2v) is 7.29. The largest absolute Gasteiger partial charge is 0.444 e. The third kappa shape index (κ3) is 6.27. The Kier molecular flexibility index (Phi) is 7.22. The van der Waals surface area contributed by atoms with Crippen molar-refractivity contribution in [3.8, 4) is 12.3 Å². The summed E-state index contributed by atoms with van der Waals surface area (Å²) in [6.07, 6.45) is 9.58. The summed E-state index contributed by atoms with van der Waals surface area (Å²) in [5, 5.41) is 3.53. The molecule has 1 amide bonds. The third-order valence-electron chi connectivity index (χ3n) is 4.06. The smallest absolute Gasteiger partial charge is 0.410 e. The van der Waals surface area contributed by atoms with Gasteiger partial charge in [-0.05, 0) is 52.9 Å². The molecular weight excluding hydrogens is 276 g/mol. The van der Waals surface area contributed by atoms with Crippen LogP contribution in [0.5, 0.6) is 0 Å². The SMILES string of the molecule is C#CC(CCC)NC(C)C1CCCN(C(=O)OC(C)(C)C)C1. The van der Waals surface area contributed by atoms with Crippen LogP contribution in [-0.4, -0.2) is 41.8 Å². The number of piperidine rings is 1. The van der Waals surface area contributed by atoms with Crippen LogP contribution in [0.1, 0.15) is 60.3 Å². The van der Waals surface area contributed by atoms with Crippen molar-refractivity contribution in [2.24, 2.45) is 5.92 Å². The molecule has 0 saturated carbocycles. The van der Waals surface area contributed by atoms with Gasteiger partial charge in [0.15, 0.2) is 0 Å². The summed E-state index contributed by atoms with van der Waals surface area (Å²) < 4.78 is 5.48. The number of rotatable bonds is 5. The summed E-state index contributed by atoms with van der Waals surface area (Å²) >= 11 is 0. The maximum atomic E-state index is 12.2. The molecule has 1 aliphatic heterocycles. The van der Waals surface area contributed by atoms with Gasteiger partial charge in [0.2, 0.25) is 0 Å². The van der Waals surface area contributed by atoms with Crippen molar-refractivity contribution in [2.45, 2.75) is 78.0 Å². The fraction of sp³-hybridized carbons (Fsp3) is 0.833. The molecule has 0 aromatic rings. The maximum Gasteiger partial charge on any atom is 0.410 e. The van der Waals surface area contributed by atoms with E-state index >= 15 is 0 Å². The van der Waals surface area contributed by atoms with Crippen LogP contribution in [0.15, 0.2) is 0 Å². The van der Waals surface area contributed by atoms with Gasteiger partial charge in [-0.3, -0.25) is 0 Å². The van der Waals surface area contributed by atoms with Crippen LogP contribution in [0, 0.1) is 18.3 Å². The second kappa shape index (κ2) is 8.43. The molecule has 3 atom stereocenters. The molecule has 0 aliphatic carbocycles. The van der Waals surface area contributed by atoms with Crippen molar-refractivity contribution in [3.05, 3.63) is 0 Å². The molecule has 0 aromatic carbocycles. The van der Waals surface area contributed by atoms with E-state index in [-0.39, 0.29) is 12.1 Å². The fourth-order valence-electron chi connectivity index (χ4n) is 2.87. The molecule has 3 unspecified atom stereocenters. The first-order valence-electron chi connectivity index (χ1n) is 8.47. The van der Waals surface area contributed by atoms with Gasteiger partial charge in [0.1, 0.15) is 5.60 Å². The van der Waals surface area contributed by atoms with E-state index in [0.717, 1.165) is 38.8 Å². The molecule has 1 aliphatic rings. The summed E-state index contributed by atoms with van der Waals surface area (Å²) in [7, 11) is 0. The standard InChI is InChI=1S/C18H32N2O2/c1-7-10-16(8-2)19-14(3)15-11-9-12-20(13-15)17(21)22-18(4,5)6/h2,14-16,19H,7,9-13H2,1,3-6H3. The Hall–Kier alpha value is -1.21. The molecule has 4 nitrogen and oxygen atoms in total. The number of nitrogens with one attached hydrogen (secondary N) is 1. The first kappa shape index (κ1) is 18.8. The normalized spacial score (nSPS) is 21.8. The maximum absolute atomic E-state index is 12.2. The highest BCUT2D eigenvalue weighted by Crippen LogP contribution is 2.22. The highest BCUT2D eigenvalue weighted by atomic mass is 16.6. The Morgan fingerprint density at radius 2 is 2.18 bits per heavy atom. The zero-order chi connectivity index (χ0) is 16.8. The Morgan fingerprint density at radius 3 is 2.73 bits per heavy atom. The summed E-state index contributed by atoms with van der Waals surface area (Å²) in [4.78, 5) is 14.0. The second-order valence-electron chi connectivity index (χ2n) is 7.29. The number of carbonyl (C=O) groups excluding carboxylic acids is 1. The molecule has 1 saturated heterocycles. The van der Waals surface area contributed by atoms with Gasteiger partial charge < -0.3 is 15.0 Å². The van der Waals surface area contributed by atoms with Gasteiger partial charge in [0.05, 0.1) is 6.04 Å². The van der Waals surface area contributed by atoms with Gasteiger partial charge in [-0.25, -0.2) is 4.79 Å². The van der Waals surface area contributed by atoms with Crippen LogP contribution >= 0.6 is 0 Å². The lowest BCUT2D eigenvalue weighted by atomic mass is 9.91. The molecule has 0 spiro atoms. The molecule has 22 heavy (non-hydrogen) atoms. The van der Waals surface area contributed by atoms with E-state index in [2.05, 4.69) is 25.1 Å². The molecule has 0 bridgehead atoms. The predicted molar refractivity (Wildman–Crippen MR) is 90.7 cm³/mol. The Labute approximate surface area is 136 Å². The van der Waals surface area contributed by atoms with E-state index in [1.165, 1.54) is 0 Å². The van der Waals surface area contributed by atoms with Crippen LogP contribution < -0.4 is 5.32 Å². The van der Waals surface area contributed by atoms with E-state index in [1.54, 1.807) is 0 Å². The third-order valence-corrected chi connectivity index (χ3v) is 4.06. The Balaban J connectivity index is 2.55. The van der Waals surface area contributed by atoms with Gasteiger partial charge in [-0.1, -0.05) is 19.3 Å². The highest BCUT2D eigenvalue weighted by Gasteiger charge is 2.30. The lowest BCUT2D eigenvalue weighted by Crippen LogP contribution is -2.49. The number of nitrogens with zero attached hydrogens (tertiary/aromatic N) is 1. The fourth-order valence-corrected chi connectivity index (χ4v) is 2.87. The van der Waals surface area contributed by atoms with Crippen molar-refractivity contribution < 1.29 is 9.53 Å². The molecule has 1 rings (SSSR count). The zero-order valence-corrected chi connectivity index (χ0v) is 14.8. The van der Waals surface area contributed by atoms with Crippen molar-refractivity contribution in [3.63, 3.8) is 0 Å². The monoisotopic (exact) mass is 308 g/mol. The zero-order valence-electron chi connectivity index (χ0n) is 14.8. The van der Waals surface area contributed by atoms with Gasteiger partial charge in [0, 0.05) is 19.1 Å². The quantitative estimate of drug-likeness (QED) is 0.791. The number of amides is 1. The highest BCUT2D eigenvalue weighted by molar-refractivity contribution is 5.68. The first-order chi connectivity index (χ1) is 10.3. The van der Waals surface area contributed by atoms with Crippen molar-refractivity contribution in [1.82, 2.24) is 10.2 Å². The molecule has 4 heteroatoms. The Bertz CT molecular complexity index is 395. The van der Waals surface area contributed by atoms with Gasteiger partial charge >= 0.3 is 6.09 Å². The number of hydrogen-bond donors (Lipinski definition) is 1. The molecule has 126 valence electrons. The van der Waals surface area contributed by atoms with E-state index in [0.29, 0.717) is 12.0 Å². The average Bonchev–Trinajstić information content (AvgIpc) is 2.45. The summed E-state index contributed by atoms with van der Waals surface area (Å²) in [6.45, 7) is 11.5. The molecule has 1 fully saturated rings. The van der Waals surface area contributed by atoms with E-state index in [1.807, 2.05) is 25.7 Å². The lowest BCUT2D eigenvalue weighted by Gasteiger charge is -2.37. The van der Waals surface area contributed by atoms with Crippen LogP contribution in [0.25, 0.3) is 0 Å². The topological polar surface area (TPSA) is 41.6 Å². The number of terminal acetylenes is 1. The summed E-state index contributed by atoms with van der Waals surface area (Å²) in [6, 6.07) is 0.426. The minimum Gasteiger partial charge on any atom is -0.444 e. The number of carbonyl (C=O) groups is 1. The number of hydrogen-bond acceptors (Lipinski definition) is 3. The summed E-state index contributed by atoms with van der Waals surface area (Å²) in [5.41, 5.74) is -0.441. The van der Waals surface area contributed by atoms with E-state index < -0.39 is 5.60 Å². The van der Waals surface area contributed by atoms with Crippen molar-refractivity contribution in [2.75, 3.05) is 13.1 Å². The lowest BCUT2D eigenvalue weighted by molar-refractivity contribution is 0.0147. The van der Waals surface area contributed by atoms with Crippen LogP contribution in [0.4, 0.5) is 4.79 Å². The average molecular weight is 308 g/mol. The van der Waals surface area contributed by atoms with E-state index in [9.17, 15) is 4.79 Å². The minimum absolute atomic E-state index is 0.122. The number of ether oxygens (including phenoxy) is 1. The molecule has 0 radical (unpaired) electrons. The molecule has 0 aromatic heterocycles. The molecule has 1 heterocycles. The molecule has 1 N–H and O–H groups in total. The van der Waals surface area contributed by atoms with Gasteiger partial charge in [-0.15, -0.1) is 6.42 Å². The van der Waals surface area contributed by atoms with Crippen LogP contribution in [-0.2, 0) is 4.74 Å². The first-order valence-corrected chi connectivity index (χ1v) is 8.47.